The zero-order chi connectivity index (χ0) is 14.4. The van der Waals surface area contributed by atoms with Gasteiger partial charge in [-0.25, -0.2) is 0 Å². The number of benzene rings is 2. The Balaban J connectivity index is 2.34. The monoisotopic (exact) mass is 330 g/mol. The van der Waals surface area contributed by atoms with Crippen LogP contribution in [0.5, 0.6) is 0 Å². The van der Waals surface area contributed by atoms with Crippen LogP contribution in [0.4, 0.5) is 0 Å². The Morgan fingerprint density at radius 3 is 2.10 bits per heavy atom. The molecule has 2 nitrogen and oxygen atoms in total. The van der Waals surface area contributed by atoms with Crippen LogP contribution in [0, 0.1) is 11.8 Å². The topological polar surface area (TPSA) is 34.1 Å². The summed E-state index contributed by atoms with van der Waals surface area (Å²) in [5.74, 6) is 5.39. The molecule has 0 aliphatic carbocycles. The molecule has 2 unspecified atom stereocenters. The summed E-state index contributed by atoms with van der Waals surface area (Å²) >= 11 is -2.54. The Labute approximate surface area is 122 Å². The maximum absolute atomic E-state index is 12.6. The van der Waals surface area contributed by atoms with Gasteiger partial charge in [-0.05, 0) is 0 Å². The SMILES string of the molecule is CC#CC(C(=O)c1ccccc1)[Se](=O)c1ccccc1. The molecule has 100 valence electrons. The maximum atomic E-state index is 12.6. The molecule has 0 N–H and O–H groups in total. The first-order valence-electron chi connectivity index (χ1n) is 6.21. The molecule has 2 rings (SSSR count). The van der Waals surface area contributed by atoms with Crippen molar-refractivity contribution in [3.63, 3.8) is 0 Å². The average molecular weight is 329 g/mol. The fraction of sp³-hybridized carbons (Fsp3) is 0.118. The van der Waals surface area contributed by atoms with E-state index in [1.807, 2.05) is 24.3 Å². The van der Waals surface area contributed by atoms with Gasteiger partial charge in [-0.1, -0.05) is 0 Å². The number of carbonyl (C=O) groups excluding carboxylic acids is 1. The Morgan fingerprint density at radius 1 is 1.00 bits per heavy atom. The van der Waals surface area contributed by atoms with E-state index in [-0.39, 0.29) is 5.78 Å². The molecular weight excluding hydrogens is 315 g/mol. The zero-order valence-electron chi connectivity index (χ0n) is 11.1. The van der Waals surface area contributed by atoms with E-state index < -0.39 is 18.6 Å². The third-order valence-corrected chi connectivity index (χ3v) is 5.90. The van der Waals surface area contributed by atoms with Crippen molar-refractivity contribution >= 4 is 24.1 Å². The molecule has 0 aliphatic heterocycles. The number of ketones is 1. The van der Waals surface area contributed by atoms with Crippen molar-refractivity contribution in [2.45, 2.75) is 11.7 Å². The van der Waals surface area contributed by atoms with E-state index in [4.69, 9.17) is 0 Å². The molecule has 0 heterocycles. The second-order valence-corrected chi connectivity index (χ2v) is 7.34. The van der Waals surface area contributed by atoms with Crippen LogP contribution in [0.15, 0.2) is 60.7 Å². The molecule has 0 saturated heterocycles. The minimum atomic E-state index is -2.54. The van der Waals surface area contributed by atoms with Gasteiger partial charge in [0.2, 0.25) is 0 Å². The predicted octanol–water partition coefficient (Wildman–Crippen LogP) is 2.59. The van der Waals surface area contributed by atoms with Crippen LogP contribution in [-0.4, -0.2) is 19.6 Å². The second kappa shape index (κ2) is 6.96. The standard InChI is InChI=1S/C17H14O2Se/c1-2-9-16(17(18)14-10-5-3-6-11-14)20(19)15-12-7-4-8-13-15/h3-8,10-13,16H,1H3. The summed E-state index contributed by atoms with van der Waals surface area (Å²) in [6, 6.07) is 18.0. The molecule has 2 aromatic rings. The van der Waals surface area contributed by atoms with E-state index in [0.717, 1.165) is 0 Å². The summed E-state index contributed by atoms with van der Waals surface area (Å²) in [6.45, 7) is 1.66. The van der Waals surface area contributed by atoms with Gasteiger partial charge in [0.05, 0.1) is 0 Å². The van der Waals surface area contributed by atoms with Gasteiger partial charge in [0, 0.05) is 0 Å². The normalized spacial score (nSPS) is 12.8. The van der Waals surface area contributed by atoms with E-state index in [9.17, 15) is 8.63 Å². The van der Waals surface area contributed by atoms with Crippen LogP contribution in [0.25, 0.3) is 0 Å². The van der Waals surface area contributed by atoms with Gasteiger partial charge in [-0.3, -0.25) is 0 Å². The van der Waals surface area contributed by atoms with E-state index >= 15 is 0 Å². The molecule has 0 aromatic heterocycles. The fourth-order valence-corrected chi connectivity index (χ4v) is 4.42. The Morgan fingerprint density at radius 2 is 1.55 bits per heavy atom. The number of hydrogen-bond acceptors (Lipinski definition) is 2. The minimum absolute atomic E-state index is 0.163. The van der Waals surface area contributed by atoms with Crippen molar-refractivity contribution in [1.29, 1.82) is 0 Å². The summed E-state index contributed by atoms with van der Waals surface area (Å²) in [5, 5.41) is 0. The summed E-state index contributed by atoms with van der Waals surface area (Å²) in [4.78, 5) is 11.7. The van der Waals surface area contributed by atoms with Crippen molar-refractivity contribution in [3.05, 3.63) is 66.2 Å². The van der Waals surface area contributed by atoms with Gasteiger partial charge < -0.3 is 0 Å². The van der Waals surface area contributed by atoms with E-state index in [2.05, 4.69) is 11.8 Å². The van der Waals surface area contributed by atoms with Crippen molar-refractivity contribution in [3.8, 4) is 11.8 Å². The van der Waals surface area contributed by atoms with Gasteiger partial charge in [-0.15, -0.1) is 0 Å². The van der Waals surface area contributed by atoms with Crippen LogP contribution < -0.4 is 4.46 Å². The summed E-state index contributed by atoms with van der Waals surface area (Å²) < 4.78 is 13.3. The fourth-order valence-electron chi connectivity index (χ4n) is 1.79. The van der Waals surface area contributed by atoms with Crippen molar-refractivity contribution < 1.29 is 8.63 Å². The van der Waals surface area contributed by atoms with Gasteiger partial charge in [-0.2, -0.15) is 0 Å². The first kappa shape index (κ1) is 14.4. The van der Waals surface area contributed by atoms with Gasteiger partial charge >= 0.3 is 123 Å². The van der Waals surface area contributed by atoms with Crippen LogP contribution in [0.2, 0.25) is 4.82 Å². The quantitative estimate of drug-likeness (QED) is 0.491. The van der Waals surface area contributed by atoms with Crippen LogP contribution in [-0.2, 0) is 3.83 Å². The molecular formula is C17H14O2Se. The number of Topliss-reactive ketones (excluding diaryl/α,β-unsaturated/α-hetero) is 1. The molecule has 0 bridgehead atoms. The van der Waals surface area contributed by atoms with Crippen molar-refractivity contribution in [2.24, 2.45) is 0 Å². The molecule has 0 saturated carbocycles. The van der Waals surface area contributed by atoms with Crippen molar-refractivity contribution in [2.75, 3.05) is 0 Å². The molecule has 0 radical (unpaired) electrons. The average Bonchev–Trinajstić information content (AvgIpc) is 2.53. The number of hydrogen-bond donors (Lipinski definition) is 0. The van der Waals surface area contributed by atoms with Gasteiger partial charge in [0.15, 0.2) is 0 Å². The van der Waals surface area contributed by atoms with Crippen LogP contribution >= 0.6 is 0 Å². The van der Waals surface area contributed by atoms with Crippen molar-refractivity contribution in [1.82, 2.24) is 0 Å². The number of carbonyl (C=O) groups is 1. The zero-order valence-corrected chi connectivity index (χ0v) is 12.8. The second-order valence-electron chi connectivity index (χ2n) is 4.12. The molecule has 0 fully saturated rings. The summed E-state index contributed by atoms with van der Waals surface area (Å²) in [6.07, 6.45) is 0. The molecule has 2 aromatic carbocycles. The Hall–Kier alpha value is -2.01. The van der Waals surface area contributed by atoms with E-state index in [1.165, 1.54) is 0 Å². The number of rotatable bonds is 4. The Bertz CT molecular complexity index is 615. The van der Waals surface area contributed by atoms with E-state index in [0.29, 0.717) is 10.0 Å². The molecule has 0 spiro atoms. The summed E-state index contributed by atoms with van der Waals surface area (Å²) in [7, 11) is 0. The molecule has 0 aliphatic rings. The third-order valence-electron chi connectivity index (χ3n) is 2.76. The first-order chi connectivity index (χ1) is 9.74. The molecule has 20 heavy (non-hydrogen) atoms. The van der Waals surface area contributed by atoms with E-state index in [1.54, 1.807) is 43.3 Å². The predicted molar refractivity (Wildman–Crippen MR) is 80.5 cm³/mol. The third kappa shape index (κ3) is 3.30. The molecule has 3 heteroatoms. The van der Waals surface area contributed by atoms with Crippen LogP contribution in [0.1, 0.15) is 17.3 Å². The molecule has 2 atom stereocenters. The van der Waals surface area contributed by atoms with Gasteiger partial charge in [0.25, 0.3) is 0 Å². The summed E-state index contributed by atoms with van der Waals surface area (Å²) in [5.41, 5.74) is 0.556. The first-order valence-corrected chi connectivity index (χ1v) is 8.75. The Kier molecular flexibility index (Phi) is 5.01. The molecule has 0 amide bonds. The van der Waals surface area contributed by atoms with Crippen LogP contribution in [0.3, 0.4) is 0 Å². The van der Waals surface area contributed by atoms with Gasteiger partial charge in [0.1, 0.15) is 0 Å².